The summed E-state index contributed by atoms with van der Waals surface area (Å²) in [6, 6.07) is 7.98. The van der Waals surface area contributed by atoms with E-state index in [0.29, 0.717) is 25.7 Å². The van der Waals surface area contributed by atoms with Crippen molar-refractivity contribution in [1.82, 2.24) is 10.6 Å². The van der Waals surface area contributed by atoms with Crippen molar-refractivity contribution in [1.29, 1.82) is 0 Å². The fraction of sp³-hybridized carbons (Fsp3) is 0.611. The van der Waals surface area contributed by atoms with Crippen molar-refractivity contribution in [2.24, 2.45) is 11.8 Å². The Kier molecular flexibility index (Phi) is 6.93. The van der Waals surface area contributed by atoms with Gasteiger partial charge in [-0.1, -0.05) is 36.7 Å². The molecule has 0 aromatic heterocycles. The third kappa shape index (κ3) is 4.05. The normalized spacial score (nSPS) is 21.2. The number of hydrogen-bond acceptors (Lipinski definition) is 3. The highest BCUT2D eigenvalue weighted by Crippen LogP contribution is 2.38. The number of benzene rings is 1. The van der Waals surface area contributed by atoms with Gasteiger partial charge in [0.2, 0.25) is 5.91 Å². The van der Waals surface area contributed by atoms with E-state index in [0.717, 1.165) is 36.5 Å². The molecule has 2 aliphatic heterocycles. The van der Waals surface area contributed by atoms with E-state index in [2.05, 4.69) is 16.7 Å². The summed E-state index contributed by atoms with van der Waals surface area (Å²) in [6.45, 7) is 5.96. The highest BCUT2D eigenvalue weighted by molar-refractivity contribution is 6.31. The Labute approximate surface area is 155 Å². The van der Waals surface area contributed by atoms with Crippen LogP contribution in [0.2, 0.25) is 5.02 Å². The number of carbonyl (C=O) groups is 1. The van der Waals surface area contributed by atoms with Crippen molar-refractivity contribution in [3.8, 4) is 0 Å². The second-order valence-corrected chi connectivity index (χ2v) is 7.20. The fourth-order valence-electron chi connectivity index (χ4n) is 3.49. The largest absolute Gasteiger partial charge is 0.381 e. The summed E-state index contributed by atoms with van der Waals surface area (Å²) in [5, 5.41) is 7.19. The minimum atomic E-state index is -0.121. The van der Waals surface area contributed by atoms with Crippen LogP contribution >= 0.6 is 24.0 Å². The number of ether oxygens (including phenoxy) is 1. The molecule has 3 rings (SSSR count). The summed E-state index contributed by atoms with van der Waals surface area (Å²) in [5.74, 6) is 0.662. The molecule has 134 valence electrons. The van der Waals surface area contributed by atoms with Gasteiger partial charge in [0.25, 0.3) is 0 Å². The van der Waals surface area contributed by atoms with Crippen LogP contribution in [0.1, 0.15) is 25.3 Å². The number of amides is 1. The summed E-state index contributed by atoms with van der Waals surface area (Å²) in [4.78, 5) is 12.5. The molecule has 1 atom stereocenters. The topological polar surface area (TPSA) is 50.4 Å². The van der Waals surface area contributed by atoms with E-state index in [-0.39, 0.29) is 29.6 Å². The number of nitrogens with one attached hydrogen (secondary N) is 2. The molecule has 4 nitrogen and oxygen atoms in total. The van der Waals surface area contributed by atoms with Gasteiger partial charge in [-0.3, -0.25) is 4.79 Å². The van der Waals surface area contributed by atoms with Crippen molar-refractivity contribution < 1.29 is 9.53 Å². The van der Waals surface area contributed by atoms with E-state index in [4.69, 9.17) is 16.3 Å². The van der Waals surface area contributed by atoms with Gasteiger partial charge in [0.1, 0.15) is 0 Å². The Morgan fingerprint density at radius 2 is 2.04 bits per heavy atom. The van der Waals surface area contributed by atoms with Crippen molar-refractivity contribution in [2.75, 3.05) is 32.8 Å². The molecule has 0 radical (unpaired) electrons. The summed E-state index contributed by atoms with van der Waals surface area (Å²) in [5.41, 5.74) is 1.01. The van der Waals surface area contributed by atoms with Crippen LogP contribution < -0.4 is 10.6 Å². The Morgan fingerprint density at radius 3 is 2.62 bits per heavy atom. The summed E-state index contributed by atoms with van der Waals surface area (Å²) >= 11 is 6.45. The number of halogens is 2. The maximum atomic E-state index is 12.5. The van der Waals surface area contributed by atoms with E-state index >= 15 is 0 Å². The Balaban J connectivity index is 0.00000208. The van der Waals surface area contributed by atoms with Gasteiger partial charge in [-0.2, -0.15) is 0 Å². The quantitative estimate of drug-likeness (QED) is 0.835. The van der Waals surface area contributed by atoms with E-state index in [1.54, 1.807) is 0 Å². The lowest BCUT2D eigenvalue weighted by molar-refractivity contribution is -0.127. The van der Waals surface area contributed by atoms with Crippen LogP contribution in [0, 0.1) is 11.8 Å². The Hall–Kier alpha value is -0.810. The second-order valence-electron chi connectivity index (χ2n) is 6.80. The molecule has 1 aromatic rings. The molecule has 2 aliphatic rings. The molecule has 6 heteroatoms. The molecule has 1 amide bonds. The number of rotatable bonds is 5. The predicted octanol–water partition coefficient (Wildman–Crippen LogP) is 2.78. The molecule has 1 unspecified atom stereocenters. The average molecular weight is 373 g/mol. The lowest BCUT2D eigenvalue weighted by Crippen LogP contribution is -2.52. The molecule has 1 aromatic carbocycles. The molecular formula is C18H26Cl2N2O2. The first-order chi connectivity index (χ1) is 11.1. The molecule has 2 heterocycles. The molecule has 24 heavy (non-hydrogen) atoms. The van der Waals surface area contributed by atoms with Crippen molar-refractivity contribution in [3.05, 3.63) is 34.9 Å². The maximum Gasteiger partial charge on any atom is 0.223 e. The van der Waals surface area contributed by atoms with Crippen LogP contribution in [0.3, 0.4) is 0 Å². The van der Waals surface area contributed by atoms with Gasteiger partial charge in [-0.15, -0.1) is 12.4 Å². The zero-order valence-electron chi connectivity index (χ0n) is 14.0. The first-order valence-corrected chi connectivity index (χ1v) is 8.81. The Morgan fingerprint density at radius 1 is 1.38 bits per heavy atom. The highest BCUT2D eigenvalue weighted by Gasteiger charge is 2.37. The van der Waals surface area contributed by atoms with Gasteiger partial charge >= 0.3 is 0 Å². The molecule has 2 saturated heterocycles. The van der Waals surface area contributed by atoms with Gasteiger partial charge in [0.15, 0.2) is 0 Å². The third-order valence-electron chi connectivity index (χ3n) is 5.43. The van der Waals surface area contributed by atoms with E-state index < -0.39 is 0 Å². The minimum Gasteiger partial charge on any atom is -0.381 e. The van der Waals surface area contributed by atoms with Crippen LogP contribution in [0.15, 0.2) is 24.3 Å². The number of carbonyl (C=O) groups excluding carboxylic acids is 1. The van der Waals surface area contributed by atoms with Gasteiger partial charge in [-0.25, -0.2) is 0 Å². The molecule has 0 saturated carbocycles. The van der Waals surface area contributed by atoms with Crippen LogP contribution in [-0.2, 0) is 14.9 Å². The lowest BCUT2D eigenvalue weighted by Gasteiger charge is -2.39. The maximum absolute atomic E-state index is 12.5. The molecular weight excluding hydrogens is 347 g/mol. The average Bonchev–Trinajstić information content (AvgIpc) is 2.52. The zero-order chi connectivity index (χ0) is 16.3. The first kappa shape index (κ1) is 19.5. The van der Waals surface area contributed by atoms with E-state index in [1.807, 2.05) is 25.1 Å². The molecule has 2 fully saturated rings. The van der Waals surface area contributed by atoms with Gasteiger partial charge in [0.05, 0.1) is 0 Å². The van der Waals surface area contributed by atoms with Crippen LogP contribution in [0.25, 0.3) is 0 Å². The minimum absolute atomic E-state index is 0. The third-order valence-corrected chi connectivity index (χ3v) is 5.76. The van der Waals surface area contributed by atoms with E-state index in [1.165, 1.54) is 0 Å². The Bertz CT molecular complexity index is 558. The fourth-order valence-corrected chi connectivity index (χ4v) is 3.83. The van der Waals surface area contributed by atoms with Crippen molar-refractivity contribution in [3.63, 3.8) is 0 Å². The molecule has 0 spiro atoms. The van der Waals surface area contributed by atoms with Crippen molar-refractivity contribution in [2.45, 2.75) is 25.2 Å². The summed E-state index contributed by atoms with van der Waals surface area (Å²) in [7, 11) is 0. The first-order valence-electron chi connectivity index (χ1n) is 8.43. The SMILES string of the molecule is CC(C(=O)NCC1(c2ccccc2Cl)CCOCC1)C1CNC1.Cl. The monoisotopic (exact) mass is 372 g/mol. The molecule has 0 bridgehead atoms. The zero-order valence-corrected chi connectivity index (χ0v) is 15.6. The van der Waals surface area contributed by atoms with Gasteiger partial charge in [0, 0.05) is 36.1 Å². The van der Waals surface area contributed by atoms with Crippen LogP contribution in [0.5, 0.6) is 0 Å². The summed E-state index contributed by atoms with van der Waals surface area (Å²) < 4.78 is 5.54. The van der Waals surface area contributed by atoms with Crippen LogP contribution in [-0.4, -0.2) is 38.8 Å². The van der Waals surface area contributed by atoms with E-state index in [9.17, 15) is 4.79 Å². The number of hydrogen-bond donors (Lipinski definition) is 2. The van der Waals surface area contributed by atoms with Gasteiger partial charge < -0.3 is 15.4 Å². The smallest absolute Gasteiger partial charge is 0.223 e. The summed E-state index contributed by atoms with van der Waals surface area (Å²) in [6.07, 6.45) is 1.77. The van der Waals surface area contributed by atoms with Crippen LogP contribution in [0.4, 0.5) is 0 Å². The molecule has 0 aliphatic carbocycles. The van der Waals surface area contributed by atoms with Gasteiger partial charge in [-0.05, 0) is 43.5 Å². The van der Waals surface area contributed by atoms with Crippen molar-refractivity contribution >= 4 is 29.9 Å². The highest BCUT2D eigenvalue weighted by atomic mass is 35.5. The second kappa shape index (κ2) is 8.52. The predicted molar refractivity (Wildman–Crippen MR) is 99.0 cm³/mol. The standard InChI is InChI=1S/C18H25ClN2O2.ClH/c1-13(14-10-20-11-14)17(22)21-12-18(6-8-23-9-7-18)15-4-2-3-5-16(15)19;/h2-5,13-14,20H,6-12H2,1H3,(H,21,22);1H. The molecule has 2 N–H and O–H groups in total. The lowest BCUT2D eigenvalue weighted by atomic mass is 9.74.